The molecule has 10 heteroatoms. The Morgan fingerprint density at radius 3 is 2.67 bits per heavy atom. The number of aromatic nitrogens is 2. The molecule has 0 aliphatic carbocycles. The molecule has 1 aromatic heterocycles. The third-order valence-electron chi connectivity index (χ3n) is 4.11. The molecule has 4 N–H and O–H groups in total. The van der Waals surface area contributed by atoms with Crippen molar-refractivity contribution in [2.24, 2.45) is 5.92 Å². The second-order valence-corrected chi connectivity index (χ2v) is 7.53. The average molecular weight is 375 g/mol. The van der Waals surface area contributed by atoms with Crippen LogP contribution in [0.2, 0.25) is 0 Å². The normalized spacial score (nSPS) is 21.4. The van der Waals surface area contributed by atoms with Crippen LogP contribution in [0.25, 0.3) is 10.9 Å². The van der Waals surface area contributed by atoms with Crippen molar-refractivity contribution in [2.45, 2.75) is 24.3 Å². The molecule has 3 rings (SSSR count). The summed E-state index contributed by atoms with van der Waals surface area (Å²) >= 11 is 0. The standard InChI is InChI=1S/C14H18N4O4S.ClH/c1-8-7-15-5-4-11(8)18-23(21,22)9-2-3-12-10(6-9)13(19)17-14(20)16-12;/h2-3,6,8,11,15,18H,4-5,7H2,1H3,(H2,16,17,19,20);1H. The number of nitrogens with one attached hydrogen (secondary N) is 4. The van der Waals surface area contributed by atoms with Gasteiger partial charge in [0, 0.05) is 6.04 Å². The summed E-state index contributed by atoms with van der Waals surface area (Å²) in [7, 11) is -3.73. The minimum Gasteiger partial charge on any atom is -0.316 e. The Bertz CT molecular complexity index is 953. The van der Waals surface area contributed by atoms with Gasteiger partial charge in [-0.1, -0.05) is 6.92 Å². The molecule has 0 radical (unpaired) electrons. The first kappa shape index (κ1) is 18.7. The van der Waals surface area contributed by atoms with Crippen molar-refractivity contribution in [1.29, 1.82) is 0 Å². The molecule has 0 spiro atoms. The Kier molecular flexibility index (Phi) is 5.49. The molecule has 132 valence electrons. The molecule has 0 bridgehead atoms. The SMILES string of the molecule is CC1CNCCC1NS(=O)(=O)c1ccc2[nH]c(=O)[nH]c(=O)c2c1.Cl. The predicted molar refractivity (Wildman–Crippen MR) is 93.2 cm³/mol. The van der Waals surface area contributed by atoms with Gasteiger partial charge in [-0.25, -0.2) is 17.9 Å². The van der Waals surface area contributed by atoms with Crippen LogP contribution in [0.5, 0.6) is 0 Å². The van der Waals surface area contributed by atoms with Crippen LogP contribution in [0.4, 0.5) is 0 Å². The van der Waals surface area contributed by atoms with E-state index in [1.807, 2.05) is 6.92 Å². The van der Waals surface area contributed by atoms with E-state index < -0.39 is 21.3 Å². The lowest BCUT2D eigenvalue weighted by molar-refractivity contribution is 0.328. The van der Waals surface area contributed by atoms with Gasteiger partial charge in [0.05, 0.1) is 15.8 Å². The number of halogens is 1. The van der Waals surface area contributed by atoms with E-state index >= 15 is 0 Å². The van der Waals surface area contributed by atoms with Crippen LogP contribution in [0, 0.1) is 5.92 Å². The van der Waals surface area contributed by atoms with Gasteiger partial charge in [0.1, 0.15) is 0 Å². The lowest BCUT2D eigenvalue weighted by atomic mass is 9.97. The molecule has 2 aromatic rings. The van der Waals surface area contributed by atoms with E-state index in [2.05, 4.69) is 20.0 Å². The third-order valence-corrected chi connectivity index (χ3v) is 5.60. The van der Waals surface area contributed by atoms with Crippen molar-refractivity contribution in [3.8, 4) is 0 Å². The summed E-state index contributed by atoms with van der Waals surface area (Å²) in [5.74, 6) is 0.179. The summed E-state index contributed by atoms with van der Waals surface area (Å²) in [5, 5.41) is 3.34. The maximum Gasteiger partial charge on any atom is 0.326 e. The van der Waals surface area contributed by atoms with E-state index in [-0.39, 0.29) is 34.6 Å². The van der Waals surface area contributed by atoms with E-state index in [0.717, 1.165) is 13.1 Å². The molecule has 2 unspecified atom stereocenters. The molecule has 0 saturated carbocycles. The van der Waals surface area contributed by atoms with Gasteiger partial charge in [-0.15, -0.1) is 12.4 Å². The second-order valence-electron chi connectivity index (χ2n) is 5.81. The van der Waals surface area contributed by atoms with Crippen LogP contribution in [0.15, 0.2) is 32.7 Å². The van der Waals surface area contributed by atoms with Gasteiger partial charge in [0.2, 0.25) is 10.0 Å². The maximum absolute atomic E-state index is 12.6. The highest BCUT2D eigenvalue weighted by molar-refractivity contribution is 7.89. The number of sulfonamides is 1. The summed E-state index contributed by atoms with van der Waals surface area (Å²) in [6.45, 7) is 3.50. The fourth-order valence-corrected chi connectivity index (χ4v) is 4.17. The molecule has 1 fully saturated rings. The number of benzene rings is 1. The van der Waals surface area contributed by atoms with Gasteiger partial charge in [0.15, 0.2) is 0 Å². The average Bonchev–Trinajstić information content (AvgIpc) is 2.49. The first-order valence-corrected chi connectivity index (χ1v) is 8.84. The van der Waals surface area contributed by atoms with E-state index in [0.29, 0.717) is 11.9 Å². The molecular weight excluding hydrogens is 356 g/mol. The molecule has 8 nitrogen and oxygen atoms in total. The number of rotatable bonds is 3. The minimum atomic E-state index is -3.73. The van der Waals surface area contributed by atoms with Crippen LogP contribution >= 0.6 is 12.4 Å². The highest BCUT2D eigenvalue weighted by Crippen LogP contribution is 2.17. The Hall–Kier alpha value is -1.68. The zero-order valence-corrected chi connectivity index (χ0v) is 14.6. The summed E-state index contributed by atoms with van der Waals surface area (Å²) in [4.78, 5) is 27.6. The molecule has 0 amide bonds. The zero-order chi connectivity index (χ0) is 16.6. The predicted octanol–water partition coefficient (Wildman–Crippen LogP) is -0.0855. The van der Waals surface area contributed by atoms with Gasteiger partial charge in [0.25, 0.3) is 5.56 Å². The number of hydrogen-bond donors (Lipinski definition) is 4. The van der Waals surface area contributed by atoms with Crippen LogP contribution in [0.3, 0.4) is 0 Å². The Labute approximate surface area is 144 Å². The minimum absolute atomic E-state index is 0. The molecule has 24 heavy (non-hydrogen) atoms. The number of hydrogen-bond acceptors (Lipinski definition) is 5. The molecule has 1 aliphatic rings. The summed E-state index contributed by atoms with van der Waals surface area (Å²) < 4.78 is 27.8. The maximum atomic E-state index is 12.6. The first-order valence-electron chi connectivity index (χ1n) is 7.36. The summed E-state index contributed by atoms with van der Waals surface area (Å²) in [5.41, 5.74) is -0.941. The van der Waals surface area contributed by atoms with Crippen molar-refractivity contribution in [3.05, 3.63) is 39.0 Å². The fourth-order valence-electron chi connectivity index (χ4n) is 2.77. The number of H-pyrrole nitrogens is 2. The van der Waals surface area contributed by atoms with E-state index in [1.54, 1.807) is 0 Å². The highest BCUT2D eigenvalue weighted by Gasteiger charge is 2.26. The zero-order valence-electron chi connectivity index (χ0n) is 13.0. The molecule has 1 aliphatic heterocycles. The van der Waals surface area contributed by atoms with Gasteiger partial charge < -0.3 is 10.3 Å². The van der Waals surface area contributed by atoms with Crippen LogP contribution in [-0.4, -0.2) is 37.5 Å². The van der Waals surface area contributed by atoms with Gasteiger partial charge in [-0.3, -0.25) is 9.78 Å². The number of aromatic amines is 2. The fraction of sp³-hybridized carbons (Fsp3) is 0.429. The lowest BCUT2D eigenvalue weighted by Crippen LogP contribution is -2.48. The number of piperidine rings is 1. The van der Waals surface area contributed by atoms with Crippen LogP contribution in [0.1, 0.15) is 13.3 Å². The molecule has 1 aromatic carbocycles. The molecular formula is C14H19ClN4O4S. The monoisotopic (exact) mass is 374 g/mol. The lowest BCUT2D eigenvalue weighted by Gasteiger charge is -2.29. The van der Waals surface area contributed by atoms with Gasteiger partial charge in [-0.05, 0) is 43.6 Å². The van der Waals surface area contributed by atoms with Crippen molar-refractivity contribution in [1.82, 2.24) is 20.0 Å². The van der Waals surface area contributed by atoms with Crippen molar-refractivity contribution in [3.63, 3.8) is 0 Å². The van der Waals surface area contributed by atoms with Crippen molar-refractivity contribution < 1.29 is 8.42 Å². The molecule has 2 heterocycles. The van der Waals surface area contributed by atoms with E-state index in [1.165, 1.54) is 18.2 Å². The third kappa shape index (κ3) is 3.69. The quantitative estimate of drug-likeness (QED) is 0.598. The Morgan fingerprint density at radius 2 is 1.96 bits per heavy atom. The van der Waals surface area contributed by atoms with Crippen LogP contribution < -0.4 is 21.3 Å². The Balaban J connectivity index is 0.00000208. The van der Waals surface area contributed by atoms with E-state index in [4.69, 9.17) is 0 Å². The first-order chi connectivity index (χ1) is 10.9. The topological polar surface area (TPSA) is 124 Å². The molecule has 1 saturated heterocycles. The van der Waals surface area contributed by atoms with Crippen molar-refractivity contribution >= 4 is 33.3 Å². The van der Waals surface area contributed by atoms with Gasteiger partial charge in [-0.2, -0.15) is 0 Å². The summed E-state index contributed by atoms with van der Waals surface area (Å²) in [6.07, 6.45) is 0.710. The Morgan fingerprint density at radius 1 is 1.21 bits per heavy atom. The van der Waals surface area contributed by atoms with E-state index in [9.17, 15) is 18.0 Å². The molecule has 2 atom stereocenters. The largest absolute Gasteiger partial charge is 0.326 e. The second kappa shape index (κ2) is 7.06. The highest BCUT2D eigenvalue weighted by atomic mass is 35.5. The van der Waals surface area contributed by atoms with Crippen LogP contribution in [-0.2, 0) is 10.0 Å². The number of fused-ring (bicyclic) bond motifs is 1. The smallest absolute Gasteiger partial charge is 0.316 e. The summed E-state index contributed by atoms with van der Waals surface area (Å²) in [6, 6.07) is 3.93. The van der Waals surface area contributed by atoms with Gasteiger partial charge >= 0.3 is 5.69 Å². The van der Waals surface area contributed by atoms with Crippen molar-refractivity contribution in [2.75, 3.05) is 13.1 Å².